The van der Waals surface area contributed by atoms with Crippen molar-refractivity contribution >= 4 is 5.91 Å². The highest BCUT2D eigenvalue weighted by molar-refractivity contribution is 5.93. The number of carbonyl (C=O) groups excluding carboxylic acids is 1. The number of hydrogen-bond acceptors (Lipinski definition) is 4. The number of nitrogens with one attached hydrogen (secondary N) is 2. The van der Waals surface area contributed by atoms with Crippen LogP contribution in [0, 0.1) is 23.7 Å². The molecule has 0 aliphatic heterocycles. The number of rotatable bonds is 5. The second kappa shape index (κ2) is 8.12. The van der Waals surface area contributed by atoms with E-state index in [0.29, 0.717) is 35.5 Å². The minimum atomic E-state index is -0.374. The Morgan fingerprint density at radius 3 is 2.56 bits per heavy atom. The second-order valence-electron chi connectivity index (χ2n) is 11.9. The first kappa shape index (κ1) is 21.2. The van der Waals surface area contributed by atoms with Crippen molar-refractivity contribution < 1.29 is 9.90 Å². The summed E-state index contributed by atoms with van der Waals surface area (Å²) in [4.78, 5) is 12.7. The highest BCUT2D eigenvalue weighted by Crippen LogP contribution is 2.55. The lowest BCUT2D eigenvalue weighted by Gasteiger charge is -2.58. The molecule has 3 unspecified atom stereocenters. The highest BCUT2D eigenvalue weighted by Gasteiger charge is 2.55. The normalized spacial score (nSPS) is 38.6. The van der Waals surface area contributed by atoms with Crippen molar-refractivity contribution in [2.75, 3.05) is 7.05 Å². The van der Waals surface area contributed by atoms with Crippen LogP contribution in [0.5, 0.6) is 0 Å². The molecule has 6 nitrogen and oxygen atoms in total. The van der Waals surface area contributed by atoms with Crippen LogP contribution < -0.4 is 10.6 Å². The zero-order valence-electron chi connectivity index (χ0n) is 19.6. The molecule has 3 N–H and O–H groups in total. The molecule has 0 aromatic carbocycles. The smallest absolute Gasteiger partial charge is 0.271 e. The molecule has 0 radical (unpaired) electrons. The molecule has 3 atom stereocenters. The van der Waals surface area contributed by atoms with Gasteiger partial charge in [-0.2, -0.15) is 5.10 Å². The Bertz CT molecular complexity index is 857. The molecule has 6 aliphatic rings. The topological polar surface area (TPSA) is 79.2 Å². The van der Waals surface area contributed by atoms with Crippen molar-refractivity contribution in [3.8, 4) is 0 Å². The van der Waals surface area contributed by atoms with Crippen molar-refractivity contribution in [3.05, 3.63) is 17.0 Å². The zero-order chi connectivity index (χ0) is 21.9. The SMILES string of the molecule is CNC(=O)c1nn(CC2CCCCC2)c2c1CC(NC1C3CC4CC1CC(O)(C4)C3)CC2. The monoisotopic (exact) mass is 440 g/mol. The van der Waals surface area contributed by atoms with Gasteiger partial charge in [-0.25, -0.2) is 0 Å². The van der Waals surface area contributed by atoms with Gasteiger partial charge in [0.15, 0.2) is 5.69 Å². The number of aromatic nitrogens is 2. The molecular weight excluding hydrogens is 400 g/mol. The van der Waals surface area contributed by atoms with Gasteiger partial charge in [-0.1, -0.05) is 19.3 Å². The summed E-state index contributed by atoms with van der Waals surface area (Å²) in [6.45, 7) is 0.976. The predicted molar refractivity (Wildman–Crippen MR) is 123 cm³/mol. The second-order valence-corrected chi connectivity index (χ2v) is 11.9. The van der Waals surface area contributed by atoms with E-state index in [4.69, 9.17) is 5.10 Å². The number of hydrogen-bond donors (Lipinski definition) is 3. The maximum absolute atomic E-state index is 12.7. The van der Waals surface area contributed by atoms with E-state index in [2.05, 4.69) is 15.3 Å². The van der Waals surface area contributed by atoms with E-state index >= 15 is 0 Å². The predicted octanol–water partition coefficient (Wildman–Crippen LogP) is 3.21. The standard InChI is InChI=1S/C26H40N4O2/c1-27-25(31)24-21-11-20(7-8-22(21)30(29-24)15-16-5-3-2-4-6-16)28-23-18-9-17-10-19(23)14-26(32,12-17)13-18/h16-20,23,28,32H,2-15H2,1H3,(H,27,31). The molecule has 0 spiro atoms. The van der Waals surface area contributed by atoms with Crippen LogP contribution in [0.1, 0.15) is 92.4 Å². The summed E-state index contributed by atoms with van der Waals surface area (Å²) in [7, 11) is 1.71. The highest BCUT2D eigenvalue weighted by atomic mass is 16.3. The van der Waals surface area contributed by atoms with Gasteiger partial charge in [-0.3, -0.25) is 9.48 Å². The molecule has 7 rings (SSSR count). The van der Waals surface area contributed by atoms with Gasteiger partial charge in [0.1, 0.15) is 0 Å². The van der Waals surface area contributed by atoms with Crippen molar-refractivity contribution in [1.82, 2.24) is 20.4 Å². The van der Waals surface area contributed by atoms with Crippen LogP contribution in [-0.2, 0) is 19.4 Å². The fourth-order valence-corrected chi connectivity index (χ4v) is 8.42. The fraction of sp³-hybridized carbons (Fsp3) is 0.846. The molecule has 4 bridgehead atoms. The first-order chi connectivity index (χ1) is 15.5. The van der Waals surface area contributed by atoms with Crippen molar-refractivity contribution in [3.63, 3.8) is 0 Å². The van der Waals surface area contributed by atoms with Gasteiger partial charge in [0, 0.05) is 36.9 Å². The molecule has 1 amide bonds. The van der Waals surface area contributed by atoms with Crippen LogP contribution in [0.15, 0.2) is 0 Å². The van der Waals surface area contributed by atoms with E-state index in [-0.39, 0.29) is 11.5 Å². The molecule has 1 aromatic heterocycles. The van der Waals surface area contributed by atoms with Gasteiger partial charge in [0.05, 0.1) is 5.60 Å². The first-order valence-corrected chi connectivity index (χ1v) is 13.3. The van der Waals surface area contributed by atoms with Gasteiger partial charge in [0.25, 0.3) is 5.91 Å². The number of aliphatic hydroxyl groups is 1. The van der Waals surface area contributed by atoms with Crippen molar-refractivity contribution in [2.45, 2.75) is 108 Å². The van der Waals surface area contributed by atoms with E-state index in [1.165, 1.54) is 56.2 Å². The molecule has 1 aromatic rings. The maximum atomic E-state index is 12.7. The van der Waals surface area contributed by atoms with Gasteiger partial charge < -0.3 is 15.7 Å². The Labute approximate surface area is 191 Å². The lowest BCUT2D eigenvalue weighted by atomic mass is 9.52. The number of amides is 1. The molecule has 5 saturated carbocycles. The third kappa shape index (κ3) is 3.71. The van der Waals surface area contributed by atoms with Crippen LogP contribution >= 0.6 is 0 Å². The van der Waals surface area contributed by atoms with Crippen molar-refractivity contribution in [2.24, 2.45) is 23.7 Å². The Kier molecular flexibility index (Phi) is 5.37. The molecule has 176 valence electrons. The van der Waals surface area contributed by atoms with E-state index < -0.39 is 0 Å². The quantitative estimate of drug-likeness (QED) is 0.657. The third-order valence-corrected chi connectivity index (χ3v) is 9.61. The van der Waals surface area contributed by atoms with Gasteiger partial charge in [-0.15, -0.1) is 0 Å². The van der Waals surface area contributed by atoms with E-state index in [0.717, 1.165) is 51.0 Å². The van der Waals surface area contributed by atoms with E-state index in [1.54, 1.807) is 7.05 Å². The molecule has 0 saturated heterocycles. The van der Waals surface area contributed by atoms with Crippen LogP contribution in [0.3, 0.4) is 0 Å². The number of nitrogens with zero attached hydrogens (tertiary/aromatic N) is 2. The molecule has 6 aliphatic carbocycles. The summed E-state index contributed by atoms with van der Waals surface area (Å²) in [5.41, 5.74) is 2.78. The lowest BCUT2D eigenvalue weighted by Crippen LogP contribution is -2.62. The Balaban J connectivity index is 1.20. The summed E-state index contributed by atoms with van der Waals surface area (Å²) < 4.78 is 2.20. The Morgan fingerprint density at radius 1 is 1.12 bits per heavy atom. The average molecular weight is 441 g/mol. The maximum Gasteiger partial charge on any atom is 0.271 e. The lowest BCUT2D eigenvalue weighted by molar-refractivity contribution is -0.140. The summed E-state index contributed by atoms with van der Waals surface area (Å²) in [6, 6.07) is 0.953. The zero-order valence-corrected chi connectivity index (χ0v) is 19.6. The van der Waals surface area contributed by atoms with Gasteiger partial charge >= 0.3 is 0 Å². The first-order valence-electron chi connectivity index (χ1n) is 13.3. The molecule has 32 heavy (non-hydrogen) atoms. The van der Waals surface area contributed by atoms with Gasteiger partial charge in [-0.05, 0) is 87.9 Å². The Morgan fingerprint density at radius 2 is 1.88 bits per heavy atom. The van der Waals surface area contributed by atoms with Crippen LogP contribution in [0.4, 0.5) is 0 Å². The summed E-state index contributed by atoms with van der Waals surface area (Å²) >= 11 is 0. The minimum absolute atomic E-state index is 0.0406. The van der Waals surface area contributed by atoms with Crippen molar-refractivity contribution in [1.29, 1.82) is 0 Å². The summed E-state index contributed by atoms with van der Waals surface area (Å²) in [5.74, 6) is 2.66. The molecule has 5 fully saturated rings. The Hall–Kier alpha value is -1.40. The van der Waals surface area contributed by atoms with Crippen LogP contribution in [-0.4, -0.2) is 45.5 Å². The minimum Gasteiger partial charge on any atom is -0.390 e. The van der Waals surface area contributed by atoms with Crippen LogP contribution in [0.25, 0.3) is 0 Å². The molecule has 1 heterocycles. The van der Waals surface area contributed by atoms with Gasteiger partial charge in [0.2, 0.25) is 0 Å². The van der Waals surface area contributed by atoms with E-state index in [1.807, 2.05) is 0 Å². The van der Waals surface area contributed by atoms with Crippen LogP contribution in [0.2, 0.25) is 0 Å². The average Bonchev–Trinajstić information content (AvgIpc) is 3.13. The number of fused-ring (bicyclic) bond motifs is 1. The largest absolute Gasteiger partial charge is 0.390 e. The number of carbonyl (C=O) groups is 1. The molecule has 6 heteroatoms. The summed E-state index contributed by atoms with van der Waals surface area (Å²) in [5, 5.41) is 22.7. The third-order valence-electron chi connectivity index (χ3n) is 9.61. The van der Waals surface area contributed by atoms with E-state index in [9.17, 15) is 9.90 Å². The summed E-state index contributed by atoms with van der Waals surface area (Å²) in [6.07, 6.45) is 15.3. The fourth-order valence-electron chi connectivity index (χ4n) is 8.42. The molecular formula is C26H40N4O2.